The zero-order valence-electron chi connectivity index (χ0n) is 11.5. The highest BCUT2D eigenvalue weighted by Gasteiger charge is 2.15. The average Bonchev–Trinajstić information content (AvgIpc) is 2.96. The maximum Gasteiger partial charge on any atom is 0.123 e. The van der Waals surface area contributed by atoms with Gasteiger partial charge in [0.25, 0.3) is 0 Å². The Balaban J connectivity index is 1.81. The van der Waals surface area contributed by atoms with E-state index >= 15 is 0 Å². The minimum Gasteiger partial charge on any atom is -0.338 e. The van der Waals surface area contributed by atoms with E-state index in [-0.39, 0.29) is 5.82 Å². The first-order valence-electron chi connectivity index (χ1n) is 7.27. The van der Waals surface area contributed by atoms with E-state index in [1.165, 1.54) is 44.2 Å². The van der Waals surface area contributed by atoms with Gasteiger partial charge in [0, 0.05) is 17.8 Å². The van der Waals surface area contributed by atoms with Crippen molar-refractivity contribution in [2.75, 3.05) is 0 Å². The van der Waals surface area contributed by atoms with E-state index in [4.69, 9.17) is 0 Å². The minimum absolute atomic E-state index is 0.221. The molecule has 20 heavy (non-hydrogen) atoms. The second-order valence-electron chi connectivity index (χ2n) is 5.35. The van der Waals surface area contributed by atoms with Crippen molar-refractivity contribution in [1.29, 1.82) is 0 Å². The van der Waals surface area contributed by atoms with Gasteiger partial charge < -0.3 is 4.57 Å². The van der Waals surface area contributed by atoms with E-state index in [0.29, 0.717) is 6.04 Å². The van der Waals surface area contributed by atoms with Gasteiger partial charge in [-0.25, -0.2) is 4.39 Å². The van der Waals surface area contributed by atoms with Crippen molar-refractivity contribution in [3.8, 4) is 11.8 Å². The molecule has 0 saturated heterocycles. The fourth-order valence-corrected chi connectivity index (χ4v) is 2.85. The summed E-state index contributed by atoms with van der Waals surface area (Å²) < 4.78 is 15.2. The molecular weight excluding hydrogens is 249 g/mol. The largest absolute Gasteiger partial charge is 0.338 e. The van der Waals surface area contributed by atoms with Crippen LogP contribution in [0, 0.1) is 17.7 Å². The van der Waals surface area contributed by atoms with Gasteiger partial charge in [0.2, 0.25) is 0 Å². The standard InChI is InChI=1S/C18H18FN/c19-16-11-8-15(9-12-16)10-13-18-7-4-14-20(18)17-5-2-1-3-6-17/h4,7-9,11-12,14,17H,1-3,5-6H2. The Labute approximate surface area is 119 Å². The van der Waals surface area contributed by atoms with Crippen LogP contribution in [0.25, 0.3) is 0 Å². The summed E-state index contributed by atoms with van der Waals surface area (Å²) in [4.78, 5) is 0. The number of aromatic nitrogens is 1. The third-order valence-corrected chi connectivity index (χ3v) is 3.93. The van der Waals surface area contributed by atoms with E-state index in [0.717, 1.165) is 11.3 Å². The molecule has 0 aliphatic heterocycles. The van der Waals surface area contributed by atoms with Crippen molar-refractivity contribution in [3.05, 3.63) is 59.7 Å². The molecule has 0 bridgehead atoms. The summed E-state index contributed by atoms with van der Waals surface area (Å²) in [6, 6.07) is 11.0. The molecule has 2 aromatic rings. The minimum atomic E-state index is -0.221. The van der Waals surface area contributed by atoms with Gasteiger partial charge in [-0.15, -0.1) is 0 Å². The highest BCUT2D eigenvalue weighted by atomic mass is 19.1. The van der Waals surface area contributed by atoms with Crippen LogP contribution in [0.5, 0.6) is 0 Å². The molecule has 1 aromatic carbocycles. The summed E-state index contributed by atoms with van der Waals surface area (Å²) in [5.74, 6) is 6.11. The summed E-state index contributed by atoms with van der Waals surface area (Å²) in [6.45, 7) is 0. The first-order valence-corrected chi connectivity index (χ1v) is 7.27. The zero-order chi connectivity index (χ0) is 13.8. The highest BCUT2D eigenvalue weighted by molar-refractivity contribution is 5.40. The Morgan fingerprint density at radius 2 is 1.70 bits per heavy atom. The highest BCUT2D eigenvalue weighted by Crippen LogP contribution is 2.29. The van der Waals surface area contributed by atoms with Crippen LogP contribution in [0.15, 0.2) is 42.6 Å². The van der Waals surface area contributed by atoms with E-state index in [9.17, 15) is 4.39 Å². The first kappa shape index (κ1) is 13.0. The maximum atomic E-state index is 12.9. The van der Waals surface area contributed by atoms with Crippen molar-refractivity contribution < 1.29 is 4.39 Å². The van der Waals surface area contributed by atoms with Gasteiger partial charge in [0.05, 0.1) is 5.69 Å². The molecule has 1 saturated carbocycles. The van der Waals surface area contributed by atoms with E-state index in [1.54, 1.807) is 12.1 Å². The first-order chi connectivity index (χ1) is 9.83. The number of halogens is 1. The van der Waals surface area contributed by atoms with Crippen molar-refractivity contribution in [3.63, 3.8) is 0 Å². The van der Waals surface area contributed by atoms with Gasteiger partial charge in [-0.2, -0.15) is 0 Å². The molecular formula is C18H18FN. The number of rotatable bonds is 1. The van der Waals surface area contributed by atoms with Crippen molar-refractivity contribution in [2.24, 2.45) is 0 Å². The summed E-state index contributed by atoms with van der Waals surface area (Å²) >= 11 is 0. The van der Waals surface area contributed by atoms with Crippen LogP contribution in [0.4, 0.5) is 4.39 Å². The van der Waals surface area contributed by atoms with Gasteiger partial charge in [0.1, 0.15) is 5.82 Å². The molecule has 1 aliphatic carbocycles. The molecule has 2 heteroatoms. The van der Waals surface area contributed by atoms with Crippen molar-refractivity contribution in [1.82, 2.24) is 4.57 Å². The summed E-state index contributed by atoms with van der Waals surface area (Å²) in [6.07, 6.45) is 8.61. The topological polar surface area (TPSA) is 4.93 Å². The lowest BCUT2D eigenvalue weighted by Crippen LogP contribution is -2.13. The van der Waals surface area contributed by atoms with Crippen LogP contribution < -0.4 is 0 Å². The van der Waals surface area contributed by atoms with Crippen molar-refractivity contribution >= 4 is 0 Å². The Kier molecular flexibility index (Phi) is 3.87. The molecule has 0 unspecified atom stereocenters. The normalized spacial score (nSPS) is 15.7. The lowest BCUT2D eigenvalue weighted by atomic mass is 9.95. The molecule has 1 fully saturated rings. The molecule has 1 nitrogen and oxygen atoms in total. The van der Waals surface area contributed by atoms with Crippen molar-refractivity contribution in [2.45, 2.75) is 38.1 Å². The quantitative estimate of drug-likeness (QED) is 0.669. The molecule has 0 N–H and O–H groups in total. The van der Waals surface area contributed by atoms with E-state index < -0.39 is 0 Å². The van der Waals surface area contributed by atoms with Crippen LogP contribution in [-0.4, -0.2) is 4.57 Å². The van der Waals surface area contributed by atoms with E-state index in [1.807, 2.05) is 0 Å². The molecule has 3 rings (SSSR count). The molecule has 0 radical (unpaired) electrons. The van der Waals surface area contributed by atoms with Crippen LogP contribution in [-0.2, 0) is 0 Å². The summed E-state index contributed by atoms with van der Waals surface area (Å²) in [5.41, 5.74) is 1.91. The predicted molar refractivity (Wildman–Crippen MR) is 78.9 cm³/mol. The molecule has 0 spiro atoms. The van der Waals surface area contributed by atoms with Crippen LogP contribution in [0.1, 0.15) is 49.4 Å². The Morgan fingerprint density at radius 3 is 2.45 bits per heavy atom. The number of hydrogen-bond acceptors (Lipinski definition) is 0. The average molecular weight is 267 g/mol. The molecule has 1 aliphatic rings. The fraction of sp³-hybridized carbons (Fsp3) is 0.333. The summed E-state index contributed by atoms with van der Waals surface area (Å²) in [5, 5.41) is 0. The lowest BCUT2D eigenvalue weighted by molar-refractivity contribution is 0.352. The van der Waals surface area contributed by atoms with Crippen LogP contribution in [0.3, 0.4) is 0 Å². The Morgan fingerprint density at radius 1 is 0.950 bits per heavy atom. The SMILES string of the molecule is Fc1ccc(C#Cc2cccn2C2CCCCC2)cc1. The van der Waals surface area contributed by atoms with Crippen LogP contribution >= 0.6 is 0 Å². The maximum absolute atomic E-state index is 12.9. The molecule has 0 amide bonds. The third kappa shape index (κ3) is 2.93. The zero-order valence-corrected chi connectivity index (χ0v) is 11.5. The number of nitrogens with zero attached hydrogens (tertiary/aromatic N) is 1. The number of hydrogen-bond donors (Lipinski definition) is 0. The summed E-state index contributed by atoms with van der Waals surface area (Å²) in [7, 11) is 0. The predicted octanol–water partition coefficient (Wildman–Crippen LogP) is 4.53. The Hall–Kier alpha value is -2.01. The third-order valence-electron chi connectivity index (χ3n) is 3.93. The van der Waals surface area contributed by atoms with Gasteiger partial charge in [-0.3, -0.25) is 0 Å². The molecule has 0 atom stereocenters. The molecule has 1 aromatic heterocycles. The second kappa shape index (κ2) is 5.96. The van der Waals surface area contributed by atoms with Gasteiger partial charge in [-0.05, 0) is 55.2 Å². The van der Waals surface area contributed by atoms with Gasteiger partial charge >= 0.3 is 0 Å². The fourth-order valence-electron chi connectivity index (χ4n) is 2.85. The lowest BCUT2D eigenvalue weighted by Gasteiger charge is -2.24. The Bertz CT molecular complexity index is 621. The molecule has 102 valence electrons. The number of benzene rings is 1. The van der Waals surface area contributed by atoms with Gasteiger partial charge in [0.15, 0.2) is 0 Å². The van der Waals surface area contributed by atoms with E-state index in [2.05, 4.69) is 34.7 Å². The smallest absolute Gasteiger partial charge is 0.123 e. The van der Waals surface area contributed by atoms with Gasteiger partial charge in [-0.1, -0.05) is 25.2 Å². The second-order valence-corrected chi connectivity index (χ2v) is 5.35. The molecule has 1 heterocycles. The van der Waals surface area contributed by atoms with Crippen LogP contribution in [0.2, 0.25) is 0 Å². The monoisotopic (exact) mass is 267 g/mol.